The van der Waals surface area contributed by atoms with E-state index in [1.165, 1.54) is 0 Å². The van der Waals surface area contributed by atoms with Gasteiger partial charge in [0.1, 0.15) is 18.0 Å². The fourth-order valence-corrected chi connectivity index (χ4v) is 1.09. The lowest BCUT2D eigenvalue weighted by atomic mass is 10.1. The number of hydrogen-bond donors (Lipinski definition) is 1. The molecule has 0 saturated carbocycles. The van der Waals surface area contributed by atoms with Crippen LogP contribution in [0.25, 0.3) is 0 Å². The third-order valence-electron chi connectivity index (χ3n) is 1.62. The largest absolute Gasteiger partial charge is 0.365 e. The number of aromatic nitrogens is 1. The topological polar surface area (TPSA) is 72.5 Å². The van der Waals surface area contributed by atoms with Crippen molar-refractivity contribution in [1.82, 2.24) is 4.98 Å². The fraction of sp³-hybridized carbons (Fsp3) is 0.364. The molecular weight excluding hydrogens is 188 g/mol. The number of hydrogen-bond acceptors (Lipinski definition) is 4. The highest BCUT2D eigenvalue weighted by molar-refractivity contribution is 5.48. The average Bonchev–Trinajstić information content (AvgIpc) is 2.15. The molecule has 0 aliphatic rings. The van der Waals surface area contributed by atoms with E-state index in [1.54, 1.807) is 12.1 Å². The van der Waals surface area contributed by atoms with Gasteiger partial charge in [-0.1, -0.05) is 0 Å². The van der Waals surface area contributed by atoms with Gasteiger partial charge in [-0.2, -0.15) is 10.5 Å². The van der Waals surface area contributed by atoms with Crippen molar-refractivity contribution in [1.29, 1.82) is 10.5 Å². The molecule has 76 valence electrons. The van der Waals surface area contributed by atoms with Crippen molar-refractivity contribution < 1.29 is 0 Å². The minimum Gasteiger partial charge on any atom is -0.365 e. The molecule has 0 aliphatic carbocycles. The molecule has 0 amide bonds. The molecule has 0 unspecified atom stereocenters. The maximum atomic E-state index is 8.78. The molecule has 0 atom stereocenters. The highest BCUT2D eigenvalue weighted by Crippen LogP contribution is 2.14. The molecule has 1 rings (SSSR count). The third-order valence-corrected chi connectivity index (χ3v) is 1.62. The maximum absolute atomic E-state index is 8.78. The van der Waals surface area contributed by atoms with Gasteiger partial charge in [0.2, 0.25) is 0 Å². The van der Waals surface area contributed by atoms with Crippen LogP contribution in [0.2, 0.25) is 0 Å². The first kappa shape index (κ1) is 11.0. The lowest BCUT2D eigenvalue weighted by molar-refractivity contribution is 0.630. The summed E-state index contributed by atoms with van der Waals surface area (Å²) in [6.07, 6.45) is 0. The second-order valence-corrected chi connectivity index (χ2v) is 4.19. The van der Waals surface area contributed by atoms with E-state index in [-0.39, 0.29) is 11.2 Å². The van der Waals surface area contributed by atoms with E-state index in [0.29, 0.717) is 11.4 Å². The van der Waals surface area contributed by atoms with Gasteiger partial charge in [-0.05, 0) is 32.9 Å². The summed E-state index contributed by atoms with van der Waals surface area (Å²) in [6.45, 7) is 6.00. The molecule has 0 saturated heterocycles. The van der Waals surface area contributed by atoms with Gasteiger partial charge in [0.15, 0.2) is 5.69 Å². The van der Waals surface area contributed by atoms with Crippen molar-refractivity contribution in [2.75, 3.05) is 5.32 Å². The number of nitriles is 2. The molecule has 0 fully saturated rings. The monoisotopic (exact) mass is 200 g/mol. The van der Waals surface area contributed by atoms with Crippen molar-refractivity contribution in [3.05, 3.63) is 23.4 Å². The van der Waals surface area contributed by atoms with Gasteiger partial charge >= 0.3 is 0 Å². The Bertz CT molecular complexity index is 443. The second-order valence-electron chi connectivity index (χ2n) is 4.19. The molecule has 1 aromatic heterocycles. The smallest absolute Gasteiger partial charge is 0.160 e. The van der Waals surface area contributed by atoms with Gasteiger partial charge in [0.25, 0.3) is 0 Å². The van der Waals surface area contributed by atoms with Crippen LogP contribution in [0.1, 0.15) is 32.0 Å². The van der Waals surface area contributed by atoms with Crippen LogP contribution in [0.15, 0.2) is 12.1 Å². The summed E-state index contributed by atoms with van der Waals surface area (Å²) < 4.78 is 0. The maximum Gasteiger partial charge on any atom is 0.160 e. The second kappa shape index (κ2) is 3.98. The number of rotatable bonds is 1. The summed E-state index contributed by atoms with van der Waals surface area (Å²) in [5, 5.41) is 20.6. The number of nitrogens with zero attached hydrogens (tertiary/aromatic N) is 3. The number of pyridine rings is 1. The normalized spacial score (nSPS) is 10.2. The molecule has 0 spiro atoms. The minimum absolute atomic E-state index is 0.117. The van der Waals surface area contributed by atoms with Crippen LogP contribution in [0, 0.1) is 22.7 Å². The van der Waals surface area contributed by atoms with E-state index >= 15 is 0 Å². The Morgan fingerprint density at radius 2 is 1.87 bits per heavy atom. The van der Waals surface area contributed by atoms with Crippen molar-refractivity contribution in [3.63, 3.8) is 0 Å². The van der Waals surface area contributed by atoms with E-state index < -0.39 is 0 Å². The van der Waals surface area contributed by atoms with E-state index in [0.717, 1.165) is 0 Å². The van der Waals surface area contributed by atoms with Crippen LogP contribution in [0.5, 0.6) is 0 Å². The summed E-state index contributed by atoms with van der Waals surface area (Å²) >= 11 is 0. The molecule has 4 nitrogen and oxygen atoms in total. The Morgan fingerprint density at radius 1 is 1.20 bits per heavy atom. The van der Waals surface area contributed by atoms with E-state index in [4.69, 9.17) is 10.5 Å². The lowest BCUT2D eigenvalue weighted by Crippen LogP contribution is -2.26. The van der Waals surface area contributed by atoms with Gasteiger partial charge in [-0.25, -0.2) is 4.98 Å². The highest BCUT2D eigenvalue weighted by atomic mass is 15.0. The van der Waals surface area contributed by atoms with Gasteiger partial charge < -0.3 is 5.32 Å². The standard InChI is InChI=1S/C11H12N4/c1-11(2,3)15-10-5-4-8(6-12)9(7-13)14-10/h4-5H,1-3H3,(H,14,15). The SMILES string of the molecule is CC(C)(C)Nc1ccc(C#N)c(C#N)n1. The Kier molecular flexibility index (Phi) is 2.92. The zero-order valence-corrected chi connectivity index (χ0v) is 9.00. The van der Waals surface area contributed by atoms with E-state index in [1.807, 2.05) is 32.9 Å². The van der Waals surface area contributed by atoms with Gasteiger partial charge in [0, 0.05) is 5.54 Å². The van der Waals surface area contributed by atoms with Crippen molar-refractivity contribution >= 4 is 5.82 Å². The molecule has 0 radical (unpaired) electrons. The first-order valence-corrected chi connectivity index (χ1v) is 4.56. The van der Waals surface area contributed by atoms with Crippen LogP contribution in [-0.2, 0) is 0 Å². The molecule has 4 heteroatoms. The van der Waals surface area contributed by atoms with Crippen LogP contribution in [0.4, 0.5) is 5.82 Å². The van der Waals surface area contributed by atoms with Gasteiger partial charge in [0.05, 0.1) is 5.56 Å². The van der Waals surface area contributed by atoms with Crippen LogP contribution >= 0.6 is 0 Å². The lowest BCUT2D eigenvalue weighted by Gasteiger charge is -2.21. The van der Waals surface area contributed by atoms with E-state index in [9.17, 15) is 0 Å². The number of nitrogens with one attached hydrogen (secondary N) is 1. The first-order chi connectivity index (χ1) is 6.96. The Hall–Kier alpha value is -2.07. The molecule has 0 bridgehead atoms. The predicted molar refractivity (Wildman–Crippen MR) is 57.0 cm³/mol. The zero-order valence-electron chi connectivity index (χ0n) is 9.00. The Balaban J connectivity index is 3.07. The number of anilines is 1. The third kappa shape index (κ3) is 2.96. The quantitative estimate of drug-likeness (QED) is 0.752. The molecule has 1 heterocycles. The van der Waals surface area contributed by atoms with Crippen LogP contribution in [-0.4, -0.2) is 10.5 Å². The molecule has 1 N–H and O–H groups in total. The minimum atomic E-state index is -0.117. The Morgan fingerprint density at radius 3 is 2.33 bits per heavy atom. The van der Waals surface area contributed by atoms with Crippen molar-refractivity contribution in [3.8, 4) is 12.1 Å². The molecule has 1 aromatic rings. The molecule has 0 aromatic carbocycles. The predicted octanol–water partition coefficient (Wildman–Crippen LogP) is 2.04. The first-order valence-electron chi connectivity index (χ1n) is 4.56. The molecule has 0 aliphatic heterocycles. The highest BCUT2D eigenvalue weighted by Gasteiger charge is 2.11. The molecular formula is C11H12N4. The van der Waals surface area contributed by atoms with Gasteiger partial charge in [-0.3, -0.25) is 0 Å². The van der Waals surface area contributed by atoms with Gasteiger partial charge in [-0.15, -0.1) is 0 Å². The van der Waals surface area contributed by atoms with E-state index in [2.05, 4.69) is 10.3 Å². The summed E-state index contributed by atoms with van der Waals surface area (Å²) in [5.41, 5.74) is 0.345. The zero-order chi connectivity index (χ0) is 11.5. The van der Waals surface area contributed by atoms with Crippen molar-refractivity contribution in [2.24, 2.45) is 0 Å². The van der Waals surface area contributed by atoms with Crippen LogP contribution in [0.3, 0.4) is 0 Å². The summed E-state index contributed by atoms with van der Waals surface area (Å²) in [5.74, 6) is 0.609. The summed E-state index contributed by atoms with van der Waals surface area (Å²) in [4.78, 5) is 4.05. The van der Waals surface area contributed by atoms with Crippen LogP contribution < -0.4 is 5.32 Å². The summed E-state index contributed by atoms with van der Waals surface area (Å²) in [6, 6.07) is 7.12. The fourth-order valence-electron chi connectivity index (χ4n) is 1.09. The van der Waals surface area contributed by atoms with Crippen molar-refractivity contribution in [2.45, 2.75) is 26.3 Å². The Labute approximate surface area is 89.2 Å². The molecule has 15 heavy (non-hydrogen) atoms. The average molecular weight is 200 g/mol. The summed E-state index contributed by atoms with van der Waals surface area (Å²) in [7, 11) is 0.